The van der Waals surface area contributed by atoms with Crippen LogP contribution in [0.5, 0.6) is 5.75 Å². The van der Waals surface area contributed by atoms with Crippen LogP contribution >= 0.6 is 11.8 Å². The summed E-state index contributed by atoms with van der Waals surface area (Å²) >= 11 is 1.30. The van der Waals surface area contributed by atoms with Gasteiger partial charge in [-0.2, -0.15) is 0 Å². The molecule has 0 fully saturated rings. The first-order valence-corrected chi connectivity index (χ1v) is 11.8. The van der Waals surface area contributed by atoms with Crippen molar-refractivity contribution in [3.8, 4) is 5.75 Å². The maximum absolute atomic E-state index is 12.5. The lowest BCUT2D eigenvalue weighted by atomic mass is 10.1. The summed E-state index contributed by atoms with van der Waals surface area (Å²) in [6.07, 6.45) is 0.0866. The maximum atomic E-state index is 12.5. The summed E-state index contributed by atoms with van der Waals surface area (Å²) in [7, 11) is 0. The second kappa shape index (κ2) is 11.5. The molecular weight excluding hydrogens is 438 g/mol. The predicted octanol–water partition coefficient (Wildman–Crippen LogP) is 4.23. The molecule has 0 atom stereocenters. The van der Waals surface area contributed by atoms with Crippen LogP contribution in [0.25, 0.3) is 0 Å². The van der Waals surface area contributed by atoms with E-state index in [0.717, 1.165) is 22.6 Å². The maximum Gasteiger partial charge on any atom is 0.234 e. The molecule has 2 aromatic carbocycles. The molecule has 0 spiro atoms. The highest BCUT2D eigenvalue weighted by Gasteiger charge is 2.16. The normalized spacial score (nSPS) is 10.7. The Labute approximate surface area is 198 Å². The van der Waals surface area contributed by atoms with E-state index < -0.39 is 0 Å². The minimum atomic E-state index is -0.189. The van der Waals surface area contributed by atoms with E-state index in [1.54, 1.807) is 12.1 Å². The van der Waals surface area contributed by atoms with E-state index >= 15 is 0 Å². The van der Waals surface area contributed by atoms with Crippen LogP contribution in [-0.4, -0.2) is 38.9 Å². The van der Waals surface area contributed by atoms with Gasteiger partial charge < -0.3 is 19.9 Å². The number of hydrogen-bond donors (Lipinski definition) is 2. The smallest absolute Gasteiger partial charge is 0.234 e. The average Bonchev–Trinajstić information content (AvgIpc) is 3.17. The topological polar surface area (TPSA) is 98.1 Å². The molecule has 8 nitrogen and oxygen atoms in total. The number of aryl methyl sites for hydroxylation is 2. The molecule has 0 bridgehead atoms. The van der Waals surface area contributed by atoms with Gasteiger partial charge in [-0.3, -0.25) is 9.59 Å². The minimum absolute atomic E-state index is 0.0866. The largest absolute Gasteiger partial charge is 0.494 e. The summed E-state index contributed by atoms with van der Waals surface area (Å²) in [4.78, 5) is 24.9. The Kier molecular flexibility index (Phi) is 8.48. The number of amides is 2. The van der Waals surface area contributed by atoms with Crippen LogP contribution in [0.1, 0.15) is 30.8 Å². The lowest BCUT2D eigenvalue weighted by molar-refractivity contribution is -0.116. The minimum Gasteiger partial charge on any atom is -0.494 e. The number of carbonyl (C=O) groups excluding carboxylic acids is 2. The van der Waals surface area contributed by atoms with Crippen molar-refractivity contribution in [3.05, 3.63) is 59.4 Å². The van der Waals surface area contributed by atoms with Crippen LogP contribution in [0.3, 0.4) is 0 Å². The third-order valence-corrected chi connectivity index (χ3v) is 5.84. The molecule has 0 unspecified atom stereocenters. The summed E-state index contributed by atoms with van der Waals surface area (Å²) in [6, 6.07) is 13.2. The van der Waals surface area contributed by atoms with Crippen LogP contribution in [0.15, 0.2) is 47.6 Å². The van der Waals surface area contributed by atoms with E-state index in [9.17, 15) is 9.59 Å². The molecule has 0 saturated heterocycles. The Balaban J connectivity index is 1.57. The molecule has 2 N–H and O–H groups in total. The molecule has 3 rings (SSSR count). The number of benzene rings is 2. The van der Waals surface area contributed by atoms with E-state index in [-0.39, 0.29) is 24.0 Å². The summed E-state index contributed by atoms with van der Waals surface area (Å²) in [5.74, 6) is 1.20. The van der Waals surface area contributed by atoms with Gasteiger partial charge in [-0.25, -0.2) is 0 Å². The highest BCUT2D eigenvalue weighted by Crippen LogP contribution is 2.21. The summed E-state index contributed by atoms with van der Waals surface area (Å²) in [5, 5.41) is 14.8. The number of hydrogen-bond acceptors (Lipinski definition) is 6. The molecule has 2 amide bonds. The molecular formula is C24H29N5O3S. The second-order valence-corrected chi connectivity index (χ2v) is 8.42. The average molecular weight is 468 g/mol. The molecule has 0 aliphatic carbocycles. The van der Waals surface area contributed by atoms with Crippen LogP contribution in [0.4, 0.5) is 11.4 Å². The fourth-order valence-electron chi connectivity index (χ4n) is 3.21. The van der Waals surface area contributed by atoms with E-state index in [1.807, 2.05) is 62.6 Å². The van der Waals surface area contributed by atoms with E-state index in [2.05, 4.69) is 20.8 Å². The molecule has 174 valence electrons. The van der Waals surface area contributed by atoms with Gasteiger partial charge in [0.25, 0.3) is 0 Å². The molecule has 33 heavy (non-hydrogen) atoms. The van der Waals surface area contributed by atoms with Gasteiger partial charge >= 0.3 is 0 Å². The van der Waals surface area contributed by atoms with Crippen molar-refractivity contribution in [2.75, 3.05) is 23.0 Å². The highest BCUT2D eigenvalue weighted by atomic mass is 32.2. The first-order chi connectivity index (χ1) is 15.9. The Morgan fingerprint density at radius 2 is 1.76 bits per heavy atom. The molecule has 1 aromatic heterocycles. The van der Waals surface area contributed by atoms with Crippen molar-refractivity contribution in [1.82, 2.24) is 14.8 Å². The molecule has 0 aliphatic rings. The van der Waals surface area contributed by atoms with Crippen molar-refractivity contribution in [1.29, 1.82) is 0 Å². The number of aromatic nitrogens is 3. The SMILES string of the molecule is CCOc1ccc(NC(=O)Cc2nnc(SCC(=O)Nc3cc(C)ccc3C)n2CC)cc1. The molecule has 0 radical (unpaired) electrons. The standard InChI is InChI=1S/C24H29N5O3S/c1-5-29-21(14-22(30)25-18-9-11-19(12-10-18)32-6-2)27-28-24(29)33-15-23(31)26-20-13-16(3)7-8-17(20)4/h7-13H,5-6,14-15H2,1-4H3,(H,25,30)(H,26,31). The van der Waals surface area contributed by atoms with Crippen LogP contribution in [-0.2, 0) is 22.6 Å². The lowest BCUT2D eigenvalue weighted by Gasteiger charge is -2.10. The number of anilines is 2. The fraction of sp³-hybridized carbons (Fsp3) is 0.333. The lowest BCUT2D eigenvalue weighted by Crippen LogP contribution is -2.18. The zero-order valence-corrected chi connectivity index (χ0v) is 20.2. The van der Waals surface area contributed by atoms with E-state index in [4.69, 9.17) is 4.74 Å². The Morgan fingerprint density at radius 3 is 2.45 bits per heavy atom. The van der Waals surface area contributed by atoms with Crippen LogP contribution in [0, 0.1) is 13.8 Å². The van der Waals surface area contributed by atoms with Crippen molar-refractivity contribution in [2.24, 2.45) is 0 Å². The predicted molar refractivity (Wildman–Crippen MR) is 131 cm³/mol. The van der Waals surface area contributed by atoms with Gasteiger partial charge in [-0.1, -0.05) is 23.9 Å². The summed E-state index contributed by atoms with van der Waals surface area (Å²) in [6.45, 7) is 9.01. The zero-order chi connectivity index (χ0) is 23.8. The third kappa shape index (κ3) is 6.82. The molecule has 1 heterocycles. The number of ether oxygens (including phenoxy) is 1. The number of nitrogens with zero attached hydrogens (tertiary/aromatic N) is 3. The number of nitrogens with one attached hydrogen (secondary N) is 2. The quantitative estimate of drug-likeness (QED) is 0.433. The van der Waals surface area contributed by atoms with Crippen molar-refractivity contribution >= 4 is 35.0 Å². The number of carbonyl (C=O) groups is 2. The second-order valence-electron chi connectivity index (χ2n) is 7.48. The van der Waals surface area contributed by atoms with Crippen molar-refractivity contribution in [3.63, 3.8) is 0 Å². The number of thioether (sulfide) groups is 1. The Hall–Kier alpha value is -3.33. The van der Waals surface area contributed by atoms with Gasteiger partial charge in [0.1, 0.15) is 11.6 Å². The fourth-order valence-corrected chi connectivity index (χ4v) is 4.03. The van der Waals surface area contributed by atoms with Gasteiger partial charge in [0, 0.05) is 17.9 Å². The molecule has 0 saturated carbocycles. The van der Waals surface area contributed by atoms with Gasteiger partial charge in [-0.05, 0) is 69.2 Å². The molecule has 3 aromatic rings. The van der Waals surface area contributed by atoms with Gasteiger partial charge in [0.2, 0.25) is 11.8 Å². The third-order valence-electron chi connectivity index (χ3n) is 4.88. The van der Waals surface area contributed by atoms with E-state index in [0.29, 0.717) is 29.8 Å². The highest BCUT2D eigenvalue weighted by molar-refractivity contribution is 7.99. The first kappa shape index (κ1) is 24.3. The monoisotopic (exact) mass is 467 g/mol. The van der Waals surface area contributed by atoms with E-state index in [1.165, 1.54) is 11.8 Å². The zero-order valence-electron chi connectivity index (χ0n) is 19.3. The van der Waals surface area contributed by atoms with Gasteiger partial charge in [-0.15, -0.1) is 10.2 Å². The van der Waals surface area contributed by atoms with Crippen LogP contribution < -0.4 is 15.4 Å². The summed E-state index contributed by atoms with van der Waals surface area (Å²) in [5.41, 5.74) is 3.59. The number of rotatable bonds is 10. The molecule has 9 heteroatoms. The molecule has 0 aliphatic heterocycles. The first-order valence-electron chi connectivity index (χ1n) is 10.8. The van der Waals surface area contributed by atoms with Crippen molar-refractivity contribution < 1.29 is 14.3 Å². The van der Waals surface area contributed by atoms with Gasteiger partial charge in [0.05, 0.1) is 18.8 Å². The van der Waals surface area contributed by atoms with Crippen LogP contribution in [0.2, 0.25) is 0 Å². The van der Waals surface area contributed by atoms with Crippen molar-refractivity contribution in [2.45, 2.75) is 45.8 Å². The van der Waals surface area contributed by atoms with Gasteiger partial charge in [0.15, 0.2) is 5.16 Å². The Morgan fingerprint density at radius 1 is 1.00 bits per heavy atom. The summed E-state index contributed by atoms with van der Waals surface area (Å²) < 4.78 is 7.27. The Bertz CT molecular complexity index is 1110.